The van der Waals surface area contributed by atoms with E-state index in [4.69, 9.17) is 9.47 Å². The largest absolute Gasteiger partial charge is 0.496 e. The summed E-state index contributed by atoms with van der Waals surface area (Å²) in [6.07, 6.45) is 4.37. The van der Waals surface area contributed by atoms with Crippen LogP contribution < -0.4 is 24.5 Å². The molecule has 0 aliphatic carbocycles. The normalized spacial score (nSPS) is 17.4. The predicted molar refractivity (Wildman–Crippen MR) is 154 cm³/mol. The van der Waals surface area contributed by atoms with Crippen molar-refractivity contribution in [3.63, 3.8) is 0 Å². The number of allylic oxidation sites excluding steroid dienone is 1. The lowest BCUT2D eigenvalue weighted by Gasteiger charge is -2.25. The molecular formula is C29H30BrN3O4S. The molecule has 0 bridgehead atoms. The number of anilines is 1. The Kier molecular flexibility index (Phi) is 7.59. The molecule has 9 heteroatoms. The van der Waals surface area contributed by atoms with E-state index in [9.17, 15) is 9.59 Å². The summed E-state index contributed by atoms with van der Waals surface area (Å²) in [5.41, 5.74) is 4.78. The van der Waals surface area contributed by atoms with Crippen LogP contribution in [0.3, 0.4) is 0 Å². The number of carbonyl (C=O) groups excluding carboxylic acids is 1. The Balaban J connectivity index is 1.65. The summed E-state index contributed by atoms with van der Waals surface area (Å²) < 4.78 is 13.7. The molecule has 0 spiro atoms. The minimum absolute atomic E-state index is 0.192. The smallest absolute Gasteiger partial charge is 0.338 e. The Labute approximate surface area is 233 Å². The molecule has 0 unspecified atom stereocenters. The number of ether oxygens (including phenoxy) is 2. The van der Waals surface area contributed by atoms with E-state index in [0.717, 1.165) is 34.3 Å². The van der Waals surface area contributed by atoms with Gasteiger partial charge in [-0.1, -0.05) is 23.5 Å². The van der Waals surface area contributed by atoms with Gasteiger partial charge >= 0.3 is 5.97 Å². The average molecular weight is 597 g/mol. The second-order valence-corrected chi connectivity index (χ2v) is 11.3. The van der Waals surface area contributed by atoms with Crippen molar-refractivity contribution in [2.24, 2.45) is 4.99 Å². The first-order valence-electron chi connectivity index (χ1n) is 12.7. The van der Waals surface area contributed by atoms with Crippen molar-refractivity contribution in [2.45, 2.75) is 39.7 Å². The van der Waals surface area contributed by atoms with Crippen molar-refractivity contribution < 1.29 is 14.3 Å². The fourth-order valence-electron chi connectivity index (χ4n) is 5.09. The quantitative estimate of drug-likeness (QED) is 0.393. The molecule has 198 valence electrons. The van der Waals surface area contributed by atoms with Gasteiger partial charge < -0.3 is 14.4 Å². The van der Waals surface area contributed by atoms with Crippen LogP contribution in [-0.2, 0) is 9.53 Å². The molecule has 1 atom stereocenters. The number of aromatic nitrogens is 1. The molecule has 1 fully saturated rings. The molecule has 0 saturated carbocycles. The molecule has 2 aliphatic rings. The average Bonchev–Trinajstić information content (AvgIpc) is 3.53. The maximum atomic E-state index is 13.9. The molecule has 3 heterocycles. The maximum absolute atomic E-state index is 13.9. The van der Waals surface area contributed by atoms with Crippen molar-refractivity contribution >= 4 is 45.0 Å². The molecule has 0 N–H and O–H groups in total. The molecule has 2 aliphatic heterocycles. The van der Waals surface area contributed by atoms with E-state index in [1.54, 1.807) is 25.5 Å². The highest BCUT2D eigenvalue weighted by atomic mass is 79.9. The Morgan fingerprint density at radius 2 is 1.95 bits per heavy atom. The highest BCUT2D eigenvalue weighted by molar-refractivity contribution is 9.10. The monoisotopic (exact) mass is 595 g/mol. The molecule has 1 saturated heterocycles. The van der Waals surface area contributed by atoms with Crippen LogP contribution in [0.5, 0.6) is 5.75 Å². The highest BCUT2D eigenvalue weighted by Gasteiger charge is 2.33. The lowest BCUT2D eigenvalue weighted by Crippen LogP contribution is -2.40. The Morgan fingerprint density at radius 3 is 2.61 bits per heavy atom. The summed E-state index contributed by atoms with van der Waals surface area (Å²) in [5, 5.41) is 0. The van der Waals surface area contributed by atoms with Crippen LogP contribution >= 0.6 is 27.3 Å². The van der Waals surface area contributed by atoms with Crippen molar-refractivity contribution in [3.05, 3.63) is 88.5 Å². The van der Waals surface area contributed by atoms with Crippen molar-refractivity contribution in [1.29, 1.82) is 0 Å². The van der Waals surface area contributed by atoms with Crippen LogP contribution in [0.25, 0.3) is 6.08 Å². The van der Waals surface area contributed by atoms with Crippen LogP contribution in [0.4, 0.5) is 5.69 Å². The molecule has 7 nitrogen and oxygen atoms in total. The van der Waals surface area contributed by atoms with Crippen LogP contribution in [0.1, 0.15) is 49.4 Å². The first-order valence-corrected chi connectivity index (χ1v) is 14.3. The number of benzene rings is 2. The Bertz CT molecular complexity index is 1620. The SMILES string of the molecule is CCOC(=O)C1=C(C)N=c2s/c(=C/c3ccc(N4CCCC4)cc3C)c(=O)n2[C@H]1c1ccc(OC)c(Br)c1. The number of thiazole rings is 1. The van der Waals surface area contributed by atoms with E-state index >= 15 is 0 Å². The first kappa shape index (κ1) is 26.4. The highest BCUT2D eigenvalue weighted by Crippen LogP contribution is 2.35. The Hall–Kier alpha value is -3.17. The fourth-order valence-corrected chi connectivity index (χ4v) is 6.69. The van der Waals surface area contributed by atoms with Gasteiger partial charge in [-0.25, -0.2) is 9.79 Å². The van der Waals surface area contributed by atoms with Gasteiger partial charge in [0.2, 0.25) is 0 Å². The molecule has 5 rings (SSSR count). The van der Waals surface area contributed by atoms with Gasteiger partial charge in [-0.2, -0.15) is 0 Å². The lowest BCUT2D eigenvalue weighted by atomic mass is 9.96. The second kappa shape index (κ2) is 10.9. The lowest BCUT2D eigenvalue weighted by molar-refractivity contribution is -0.139. The predicted octanol–water partition coefficient (Wildman–Crippen LogP) is 4.48. The third kappa shape index (κ3) is 4.85. The summed E-state index contributed by atoms with van der Waals surface area (Å²) in [6.45, 7) is 8.02. The van der Waals surface area contributed by atoms with E-state index in [1.807, 2.05) is 24.3 Å². The van der Waals surface area contributed by atoms with Crippen LogP contribution in [0, 0.1) is 6.92 Å². The van der Waals surface area contributed by atoms with E-state index < -0.39 is 12.0 Å². The van der Waals surface area contributed by atoms with Crippen LogP contribution in [0.2, 0.25) is 0 Å². The molecule has 38 heavy (non-hydrogen) atoms. The molecule has 3 aromatic rings. The summed E-state index contributed by atoms with van der Waals surface area (Å²) in [4.78, 5) is 34.6. The zero-order valence-corrected chi connectivity index (χ0v) is 24.3. The molecule has 2 aromatic carbocycles. The van der Waals surface area contributed by atoms with Crippen LogP contribution in [-0.4, -0.2) is 37.3 Å². The second-order valence-electron chi connectivity index (χ2n) is 9.43. The molecule has 0 radical (unpaired) electrons. The summed E-state index contributed by atoms with van der Waals surface area (Å²) in [5.74, 6) is 0.181. The number of nitrogens with zero attached hydrogens (tertiary/aromatic N) is 3. The van der Waals surface area contributed by atoms with Gasteiger partial charge in [-0.05, 0) is 96.6 Å². The molecule has 0 amide bonds. The van der Waals surface area contributed by atoms with Gasteiger partial charge in [-0.3, -0.25) is 9.36 Å². The third-order valence-corrected chi connectivity index (χ3v) is 8.62. The number of fused-ring (bicyclic) bond motifs is 1. The number of halogens is 1. The Morgan fingerprint density at radius 1 is 1.18 bits per heavy atom. The van der Waals surface area contributed by atoms with Gasteiger partial charge in [0, 0.05) is 18.8 Å². The first-order chi connectivity index (χ1) is 18.3. The number of esters is 1. The third-order valence-electron chi connectivity index (χ3n) is 7.02. The van der Waals surface area contributed by atoms with E-state index in [0.29, 0.717) is 26.4 Å². The number of rotatable bonds is 6. The standard InChI is InChI=1S/C29H30BrN3O4S/c1-5-37-28(35)25-18(3)31-29-33(26(25)20-9-11-23(36-4)22(30)15-20)27(34)24(38-29)16-19-8-10-21(14-17(19)2)32-12-6-7-13-32/h8-11,14-16,26H,5-7,12-13H2,1-4H3/b24-16+/t26-/m0/s1. The van der Waals surface area contributed by atoms with Gasteiger partial charge in [0.1, 0.15) is 5.75 Å². The fraction of sp³-hybridized carbons (Fsp3) is 0.345. The van der Waals surface area contributed by atoms with E-state index in [-0.39, 0.29) is 12.2 Å². The number of hydrogen-bond donors (Lipinski definition) is 0. The van der Waals surface area contributed by atoms with E-state index in [2.05, 4.69) is 50.9 Å². The van der Waals surface area contributed by atoms with E-state index in [1.165, 1.54) is 29.9 Å². The zero-order chi connectivity index (χ0) is 27.0. The summed E-state index contributed by atoms with van der Waals surface area (Å²) in [6, 6.07) is 11.3. The van der Waals surface area contributed by atoms with Crippen molar-refractivity contribution in [3.8, 4) is 5.75 Å². The van der Waals surface area contributed by atoms with Gasteiger partial charge in [0.05, 0.1) is 40.0 Å². The van der Waals surface area contributed by atoms with Crippen LogP contribution in [0.15, 0.2) is 61.9 Å². The zero-order valence-electron chi connectivity index (χ0n) is 21.9. The summed E-state index contributed by atoms with van der Waals surface area (Å²) in [7, 11) is 1.59. The number of aryl methyl sites for hydroxylation is 1. The van der Waals surface area contributed by atoms with Gasteiger partial charge in [0.15, 0.2) is 4.80 Å². The number of hydrogen-bond acceptors (Lipinski definition) is 7. The van der Waals surface area contributed by atoms with Crippen molar-refractivity contribution in [2.75, 3.05) is 31.7 Å². The minimum atomic E-state index is -0.673. The summed E-state index contributed by atoms with van der Waals surface area (Å²) >= 11 is 4.88. The number of methoxy groups -OCH3 is 1. The minimum Gasteiger partial charge on any atom is -0.496 e. The van der Waals surface area contributed by atoms with Gasteiger partial charge in [0.25, 0.3) is 5.56 Å². The molecular weight excluding hydrogens is 566 g/mol. The maximum Gasteiger partial charge on any atom is 0.338 e. The number of carbonyl (C=O) groups is 1. The van der Waals surface area contributed by atoms with Gasteiger partial charge in [-0.15, -0.1) is 0 Å². The molecule has 1 aromatic heterocycles. The topological polar surface area (TPSA) is 73.1 Å². The van der Waals surface area contributed by atoms with Crippen molar-refractivity contribution in [1.82, 2.24) is 4.57 Å².